The summed E-state index contributed by atoms with van der Waals surface area (Å²) in [5.74, 6) is 0.487. The molecule has 0 saturated heterocycles. The van der Waals surface area contributed by atoms with Gasteiger partial charge in [-0.05, 0) is 25.7 Å². The van der Waals surface area contributed by atoms with Gasteiger partial charge in [0.1, 0.15) is 0 Å². The maximum Gasteiger partial charge on any atom is 0.240 e. The lowest BCUT2D eigenvalue weighted by Crippen LogP contribution is -2.56. The molecule has 18 heavy (non-hydrogen) atoms. The summed E-state index contributed by atoms with van der Waals surface area (Å²) < 4.78 is 0. The molecule has 0 spiro atoms. The van der Waals surface area contributed by atoms with Crippen LogP contribution in [0.3, 0.4) is 0 Å². The van der Waals surface area contributed by atoms with Crippen molar-refractivity contribution in [1.82, 2.24) is 15.5 Å². The van der Waals surface area contributed by atoms with Crippen LogP contribution < -0.4 is 11.1 Å². The van der Waals surface area contributed by atoms with Crippen molar-refractivity contribution in [2.75, 3.05) is 0 Å². The molecule has 1 saturated carbocycles. The highest BCUT2D eigenvalue weighted by Crippen LogP contribution is 2.31. The van der Waals surface area contributed by atoms with E-state index in [4.69, 9.17) is 5.73 Å². The second-order valence-electron chi connectivity index (χ2n) is 5.58. The number of hydrogen-bond acceptors (Lipinski definition) is 3. The third-order valence-electron chi connectivity index (χ3n) is 3.85. The minimum atomic E-state index is -0.699. The van der Waals surface area contributed by atoms with E-state index in [0.717, 1.165) is 24.8 Å². The minimum absolute atomic E-state index is 0.0391. The second-order valence-corrected chi connectivity index (χ2v) is 5.58. The van der Waals surface area contributed by atoms with Gasteiger partial charge in [-0.15, -0.1) is 0 Å². The highest BCUT2D eigenvalue weighted by atomic mass is 16.2. The van der Waals surface area contributed by atoms with Crippen molar-refractivity contribution in [3.63, 3.8) is 0 Å². The average molecular weight is 250 g/mol. The molecule has 4 N–H and O–H groups in total. The largest absolute Gasteiger partial charge is 0.348 e. The minimum Gasteiger partial charge on any atom is -0.348 e. The van der Waals surface area contributed by atoms with Gasteiger partial charge in [-0.3, -0.25) is 9.89 Å². The van der Waals surface area contributed by atoms with Gasteiger partial charge in [0.25, 0.3) is 0 Å². The molecule has 0 aromatic carbocycles. The van der Waals surface area contributed by atoms with Crippen LogP contribution in [0.5, 0.6) is 0 Å². The summed E-state index contributed by atoms with van der Waals surface area (Å²) in [6.45, 7) is 4.10. The Bertz CT molecular complexity index is 403. The monoisotopic (exact) mass is 250 g/mol. The molecule has 1 heterocycles. The van der Waals surface area contributed by atoms with Crippen LogP contribution in [0.2, 0.25) is 0 Å². The van der Waals surface area contributed by atoms with E-state index in [1.807, 2.05) is 6.92 Å². The molecular formula is C13H22N4O. The van der Waals surface area contributed by atoms with Gasteiger partial charge in [0.2, 0.25) is 5.91 Å². The summed E-state index contributed by atoms with van der Waals surface area (Å²) in [4.78, 5) is 12.3. The van der Waals surface area contributed by atoms with Crippen LogP contribution in [0, 0.1) is 5.92 Å². The third kappa shape index (κ3) is 2.72. The lowest BCUT2D eigenvalue weighted by Gasteiger charge is -2.36. The van der Waals surface area contributed by atoms with E-state index >= 15 is 0 Å². The third-order valence-corrected chi connectivity index (χ3v) is 3.85. The van der Waals surface area contributed by atoms with Gasteiger partial charge in [0.15, 0.2) is 0 Å². The maximum atomic E-state index is 12.3. The Kier molecular flexibility index (Phi) is 3.71. The Morgan fingerprint density at radius 2 is 2.50 bits per heavy atom. The Labute approximate surface area is 108 Å². The fraction of sp³-hybridized carbons (Fsp3) is 0.692. The van der Waals surface area contributed by atoms with Crippen molar-refractivity contribution >= 4 is 5.91 Å². The molecule has 1 aromatic rings. The maximum absolute atomic E-state index is 12.3. The van der Waals surface area contributed by atoms with Gasteiger partial charge in [-0.25, -0.2) is 0 Å². The van der Waals surface area contributed by atoms with Gasteiger partial charge >= 0.3 is 0 Å². The number of H-pyrrole nitrogens is 1. The Balaban J connectivity index is 1.98. The molecule has 1 fully saturated rings. The number of rotatable bonds is 3. The zero-order valence-corrected chi connectivity index (χ0v) is 11.1. The van der Waals surface area contributed by atoms with Crippen molar-refractivity contribution in [3.05, 3.63) is 18.0 Å². The van der Waals surface area contributed by atoms with Crippen LogP contribution in [0.4, 0.5) is 0 Å². The number of carbonyl (C=O) groups excluding carboxylic acids is 1. The first-order chi connectivity index (χ1) is 8.51. The summed E-state index contributed by atoms with van der Waals surface area (Å²) in [5.41, 5.74) is 6.53. The van der Waals surface area contributed by atoms with Crippen LogP contribution in [0.25, 0.3) is 0 Å². The number of aromatic amines is 1. The number of nitrogens with one attached hydrogen (secondary N) is 2. The summed E-state index contributed by atoms with van der Waals surface area (Å²) in [6, 6.07) is -0.0612. The van der Waals surface area contributed by atoms with E-state index in [1.54, 1.807) is 12.4 Å². The summed E-state index contributed by atoms with van der Waals surface area (Å²) in [7, 11) is 0. The molecular weight excluding hydrogens is 228 g/mol. The first-order valence-electron chi connectivity index (χ1n) is 6.60. The number of nitrogens with zero attached hydrogens (tertiary/aromatic N) is 1. The Morgan fingerprint density at radius 3 is 3.11 bits per heavy atom. The van der Waals surface area contributed by atoms with Crippen molar-refractivity contribution in [2.24, 2.45) is 11.7 Å². The number of amides is 1. The van der Waals surface area contributed by atoms with Gasteiger partial charge in [0.05, 0.1) is 17.8 Å². The van der Waals surface area contributed by atoms with Crippen LogP contribution in [0.1, 0.15) is 51.1 Å². The Morgan fingerprint density at radius 1 is 1.72 bits per heavy atom. The summed E-state index contributed by atoms with van der Waals surface area (Å²) in [6.07, 6.45) is 7.27. The normalized spacial score (nSPS) is 29.8. The number of hydrogen-bond donors (Lipinski definition) is 3. The number of carbonyl (C=O) groups is 1. The van der Waals surface area contributed by atoms with Crippen LogP contribution in [0.15, 0.2) is 12.4 Å². The molecule has 5 nitrogen and oxygen atoms in total. The van der Waals surface area contributed by atoms with Crippen LogP contribution >= 0.6 is 0 Å². The van der Waals surface area contributed by atoms with Crippen LogP contribution in [-0.4, -0.2) is 21.6 Å². The molecule has 1 aromatic heterocycles. The molecule has 100 valence electrons. The molecule has 2 rings (SSSR count). The predicted molar refractivity (Wildman–Crippen MR) is 69.7 cm³/mol. The fourth-order valence-corrected chi connectivity index (χ4v) is 2.72. The quantitative estimate of drug-likeness (QED) is 0.760. The summed E-state index contributed by atoms with van der Waals surface area (Å²) in [5, 5.41) is 9.62. The number of aromatic nitrogens is 2. The molecule has 1 amide bonds. The standard InChI is InChI=1S/C13H22N4O/c1-9-4-3-5-13(14,6-9)12(18)17-10(2)11-7-15-16-8-11/h7-10H,3-6,14H2,1-2H3,(H,15,16)(H,17,18). The van der Waals surface area contributed by atoms with Crippen molar-refractivity contribution in [1.29, 1.82) is 0 Å². The van der Waals surface area contributed by atoms with Gasteiger partial charge in [-0.1, -0.05) is 19.8 Å². The SMILES string of the molecule is CC1CCCC(N)(C(=O)NC(C)c2cn[nH]c2)C1. The number of nitrogens with two attached hydrogens (primary N) is 1. The van der Waals surface area contributed by atoms with E-state index in [1.165, 1.54) is 6.42 Å². The van der Waals surface area contributed by atoms with Gasteiger partial charge in [0, 0.05) is 11.8 Å². The highest BCUT2D eigenvalue weighted by Gasteiger charge is 2.38. The predicted octanol–water partition coefficient (Wildman–Crippen LogP) is 1.49. The average Bonchev–Trinajstić information content (AvgIpc) is 2.81. The fourth-order valence-electron chi connectivity index (χ4n) is 2.72. The zero-order chi connectivity index (χ0) is 13.2. The molecule has 1 aliphatic carbocycles. The first kappa shape index (κ1) is 13.1. The molecule has 5 heteroatoms. The zero-order valence-electron chi connectivity index (χ0n) is 11.1. The van der Waals surface area contributed by atoms with E-state index in [-0.39, 0.29) is 11.9 Å². The van der Waals surface area contributed by atoms with E-state index < -0.39 is 5.54 Å². The molecule has 0 bridgehead atoms. The van der Waals surface area contributed by atoms with Crippen molar-refractivity contribution in [3.8, 4) is 0 Å². The second kappa shape index (κ2) is 5.10. The molecule has 0 aliphatic heterocycles. The molecule has 3 unspecified atom stereocenters. The van der Waals surface area contributed by atoms with E-state index in [9.17, 15) is 4.79 Å². The van der Waals surface area contributed by atoms with Crippen LogP contribution in [-0.2, 0) is 4.79 Å². The van der Waals surface area contributed by atoms with Crippen molar-refractivity contribution in [2.45, 2.75) is 51.1 Å². The van der Waals surface area contributed by atoms with Gasteiger partial charge < -0.3 is 11.1 Å². The Hall–Kier alpha value is -1.36. The van der Waals surface area contributed by atoms with E-state index in [0.29, 0.717) is 5.92 Å². The molecule has 1 aliphatic rings. The first-order valence-corrected chi connectivity index (χ1v) is 6.60. The lowest BCUT2D eigenvalue weighted by molar-refractivity contribution is -0.128. The lowest BCUT2D eigenvalue weighted by atomic mass is 9.76. The summed E-state index contributed by atoms with van der Waals surface area (Å²) >= 11 is 0. The highest BCUT2D eigenvalue weighted by molar-refractivity contribution is 5.86. The smallest absolute Gasteiger partial charge is 0.240 e. The topological polar surface area (TPSA) is 83.8 Å². The molecule has 0 radical (unpaired) electrons. The molecule has 3 atom stereocenters. The van der Waals surface area contributed by atoms with Crippen molar-refractivity contribution < 1.29 is 4.79 Å². The van der Waals surface area contributed by atoms with E-state index in [2.05, 4.69) is 22.4 Å². The van der Waals surface area contributed by atoms with Gasteiger partial charge in [-0.2, -0.15) is 5.10 Å².